The van der Waals surface area contributed by atoms with Gasteiger partial charge in [-0.15, -0.1) is 22.7 Å². The van der Waals surface area contributed by atoms with Crippen LogP contribution >= 0.6 is 22.7 Å². The molecular weight excluding hydrogens is 390 g/mol. The van der Waals surface area contributed by atoms with E-state index in [4.69, 9.17) is 9.47 Å². The molecule has 0 radical (unpaired) electrons. The van der Waals surface area contributed by atoms with Crippen LogP contribution in [0.25, 0.3) is 6.08 Å². The monoisotopic (exact) mass is 411 g/mol. The summed E-state index contributed by atoms with van der Waals surface area (Å²) in [4.78, 5) is 17.2. The van der Waals surface area contributed by atoms with Gasteiger partial charge in [0.1, 0.15) is 0 Å². The predicted molar refractivity (Wildman–Crippen MR) is 114 cm³/mol. The first-order valence-corrected chi connectivity index (χ1v) is 10.8. The van der Waals surface area contributed by atoms with Crippen LogP contribution in [0.4, 0.5) is 0 Å². The first-order valence-electron chi connectivity index (χ1n) is 9.01. The van der Waals surface area contributed by atoms with Crippen LogP contribution in [-0.4, -0.2) is 31.6 Å². The summed E-state index contributed by atoms with van der Waals surface area (Å²) in [6.45, 7) is 0.665. The number of fused-ring (bicyclic) bond motifs is 1. The van der Waals surface area contributed by atoms with Crippen molar-refractivity contribution in [3.05, 3.63) is 74.1 Å². The Bertz CT molecular complexity index is 978. The highest BCUT2D eigenvalue weighted by Gasteiger charge is 2.33. The Kier molecular flexibility index (Phi) is 5.50. The highest BCUT2D eigenvalue weighted by molar-refractivity contribution is 7.10. The average molecular weight is 412 g/mol. The van der Waals surface area contributed by atoms with Crippen LogP contribution in [0, 0.1) is 0 Å². The fraction of sp³-hybridized carbons (Fsp3) is 0.227. The molecule has 0 aliphatic carbocycles. The third kappa shape index (κ3) is 3.57. The molecule has 0 bridgehead atoms. The molecule has 1 aromatic carbocycles. The molecular formula is C22H21NO3S2. The molecule has 1 amide bonds. The molecule has 3 aromatic rings. The lowest BCUT2D eigenvalue weighted by Crippen LogP contribution is -2.39. The number of thiophene rings is 2. The third-order valence-corrected chi connectivity index (χ3v) is 6.67. The number of carbonyl (C=O) groups excluding carboxylic acids is 1. The van der Waals surface area contributed by atoms with Crippen molar-refractivity contribution < 1.29 is 14.3 Å². The lowest BCUT2D eigenvalue weighted by atomic mass is 9.90. The molecule has 1 aliphatic rings. The summed E-state index contributed by atoms with van der Waals surface area (Å²) < 4.78 is 11.0. The number of rotatable bonds is 5. The normalized spacial score (nSPS) is 16.2. The predicted octanol–water partition coefficient (Wildman–Crippen LogP) is 5.01. The van der Waals surface area contributed by atoms with Crippen molar-refractivity contribution in [2.45, 2.75) is 12.5 Å². The summed E-state index contributed by atoms with van der Waals surface area (Å²) in [5.74, 6) is 1.43. The molecule has 0 saturated carbocycles. The van der Waals surface area contributed by atoms with Crippen molar-refractivity contribution >= 4 is 34.7 Å². The van der Waals surface area contributed by atoms with E-state index in [1.807, 2.05) is 46.7 Å². The van der Waals surface area contributed by atoms with Gasteiger partial charge in [0, 0.05) is 22.4 Å². The third-order valence-electron chi connectivity index (χ3n) is 4.90. The number of methoxy groups -OCH3 is 2. The number of hydrogen-bond donors (Lipinski definition) is 0. The summed E-state index contributed by atoms with van der Waals surface area (Å²) in [6.07, 6.45) is 4.36. The van der Waals surface area contributed by atoms with E-state index in [0.717, 1.165) is 27.5 Å². The van der Waals surface area contributed by atoms with E-state index in [0.29, 0.717) is 12.3 Å². The molecule has 2 aromatic heterocycles. The van der Waals surface area contributed by atoms with Crippen molar-refractivity contribution in [1.82, 2.24) is 4.90 Å². The zero-order valence-corrected chi connectivity index (χ0v) is 17.4. The van der Waals surface area contributed by atoms with Gasteiger partial charge in [-0.05, 0) is 58.6 Å². The summed E-state index contributed by atoms with van der Waals surface area (Å²) in [6, 6.07) is 12.0. The summed E-state index contributed by atoms with van der Waals surface area (Å²) >= 11 is 3.29. The van der Waals surface area contributed by atoms with Crippen LogP contribution in [0.3, 0.4) is 0 Å². The number of nitrogens with zero attached hydrogens (tertiary/aromatic N) is 1. The molecule has 0 N–H and O–H groups in total. The van der Waals surface area contributed by atoms with Gasteiger partial charge < -0.3 is 14.4 Å². The van der Waals surface area contributed by atoms with E-state index in [9.17, 15) is 4.79 Å². The van der Waals surface area contributed by atoms with E-state index in [2.05, 4.69) is 11.4 Å². The van der Waals surface area contributed by atoms with E-state index < -0.39 is 0 Å². The lowest BCUT2D eigenvalue weighted by Gasteiger charge is -2.37. The Morgan fingerprint density at radius 1 is 1.11 bits per heavy atom. The van der Waals surface area contributed by atoms with Crippen molar-refractivity contribution in [2.75, 3.05) is 20.8 Å². The van der Waals surface area contributed by atoms with Crippen LogP contribution in [0.2, 0.25) is 0 Å². The molecule has 3 heterocycles. The molecule has 1 aliphatic heterocycles. The number of carbonyl (C=O) groups is 1. The van der Waals surface area contributed by atoms with Crippen LogP contribution in [0.1, 0.15) is 26.9 Å². The van der Waals surface area contributed by atoms with Crippen LogP contribution in [0.5, 0.6) is 11.5 Å². The average Bonchev–Trinajstić information content (AvgIpc) is 3.44. The Morgan fingerprint density at radius 3 is 2.54 bits per heavy atom. The molecule has 28 heavy (non-hydrogen) atoms. The maximum Gasteiger partial charge on any atom is 0.247 e. The summed E-state index contributed by atoms with van der Waals surface area (Å²) in [7, 11) is 3.29. The smallest absolute Gasteiger partial charge is 0.247 e. The quantitative estimate of drug-likeness (QED) is 0.554. The summed E-state index contributed by atoms with van der Waals surface area (Å²) in [5, 5.41) is 4.06. The van der Waals surface area contributed by atoms with E-state index in [-0.39, 0.29) is 11.9 Å². The largest absolute Gasteiger partial charge is 0.493 e. The zero-order valence-electron chi connectivity index (χ0n) is 15.8. The molecule has 144 valence electrons. The molecule has 0 spiro atoms. The molecule has 1 atom stereocenters. The maximum atomic E-state index is 13.1. The Labute approximate surface area is 172 Å². The number of ether oxygens (including phenoxy) is 2. The van der Waals surface area contributed by atoms with Crippen LogP contribution in [-0.2, 0) is 11.2 Å². The van der Waals surface area contributed by atoms with Gasteiger partial charge in [0.15, 0.2) is 11.5 Å². The van der Waals surface area contributed by atoms with Crippen molar-refractivity contribution in [3.8, 4) is 11.5 Å². The first kappa shape index (κ1) is 18.8. The Hall–Kier alpha value is -2.57. The SMILES string of the molecule is COc1cc2c(cc1OC)[C@H](c1cccs1)N(C(=O)/C=C/c1cccs1)CC2. The van der Waals surface area contributed by atoms with E-state index >= 15 is 0 Å². The zero-order chi connectivity index (χ0) is 19.5. The Balaban J connectivity index is 1.73. The van der Waals surface area contributed by atoms with Gasteiger partial charge in [-0.25, -0.2) is 0 Å². The molecule has 0 unspecified atom stereocenters. The summed E-state index contributed by atoms with van der Waals surface area (Å²) in [5.41, 5.74) is 2.30. The highest BCUT2D eigenvalue weighted by Crippen LogP contribution is 2.42. The van der Waals surface area contributed by atoms with Gasteiger partial charge in [0.05, 0.1) is 20.3 Å². The molecule has 0 saturated heterocycles. The molecule has 6 heteroatoms. The maximum absolute atomic E-state index is 13.1. The topological polar surface area (TPSA) is 38.8 Å². The second-order valence-corrected chi connectivity index (χ2v) is 8.41. The van der Waals surface area contributed by atoms with Gasteiger partial charge in [0.2, 0.25) is 5.91 Å². The van der Waals surface area contributed by atoms with Crippen LogP contribution < -0.4 is 9.47 Å². The van der Waals surface area contributed by atoms with Gasteiger partial charge in [-0.1, -0.05) is 12.1 Å². The van der Waals surface area contributed by atoms with Gasteiger partial charge in [0.25, 0.3) is 0 Å². The van der Waals surface area contributed by atoms with Gasteiger partial charge >= 0.3 is 0 Å². The minimum Gasteiger partial charge on any atom is -0.493 e. The van der Waals surface area contributed by atoms with Crippen molar-refractivity contribution in [1.29, 1.82) is 0 Å². The molecule has 0 fully saturated rings. The molecule has 4 rings (SSSR count). The Morgan fingerprint density at radius 2 is 1.86 bits per heavy atom. The van der Waals surface area contributed by atoms with E-state index in [1.165, 1.54) is 5.56 Å². The highest BCUT2D eigenvalue weighted by atomic mass is 32.1. The van der Waals surface area contributed by atoms with Crippen LogP contribution in [0.15, 0.2) is 53.2 Å². The van der Waals surface area contributed by atoms with Crippen molar-refractivity contribution in [3.63, 3.8) is 0 Å². The van der Waals surface area contributed by atoms with Crippen molar-refractivity contribution in [2.24, 2.45) is 0 Å². The second-order valence-electron chi connectivity index (χ2n) is 6.45. The number of amides is 1. The standard InChI is InChI=1S/C22H21NO3S2/c1-25-18-13-15-9-10-23(21(24)8-7-16-5-3-11-27-16)22(20-6-4-12-28-20)17(15)14-19(18)26-2/h3-8,11-14,22H,9-10H2,1-2H3/b8-7+/t22-/m1/s1. The number of benzene rings is 1. The lowest BCUT2D eigenvalue weighted by molar-refractivity contribution is -0.127. The van der Waals surface area contributed by atoms with E-state index in [1.54, 1.807) is 43.0 Å². The van der Waals surface area contributed by atoms with Gasteiger partial charge in [-0.2, -0.15) is 0 Å². The number of hydrogen-bond acceptors (Lipinski definition) is 5. The minimum absolute atomic E-state index is 0.0206. The minimum atomic E-state index is -0.121. The van der Waals surface area contributed by atoms with Gasteiger partial charge in [-0.3, -0.25) is 4.79 Å². The second kappa shape index (κ2) is 8.20. The fourth-order valence-corrected chi connectivity index (χ4v) is 5.04. The molecule has 4 nitrogen and oxygen atoms in total. The first-order chi connectivity index (χ1) is 13.7. The fourth-order valence-electron chi connectivity index (χ4n) is 3.57.